The van der Waals surface area contributed by atoms with Crippen molar-refractivity contribution < 1.29 is 14.2 Å². The van der Waals surface area contributed by atoms with Crippen LogP contribution in [0, 0.1) is 0 Å². The average Bonchev–Trinajstić information content (AvgIpc) is 2.47. The molecule has 0 amide bonds. The van der Waals surface area contributed by atoms with Gasteiger partial charge in [0.2, 0.25) is 0 Å². The number of hydrogen-bond acceptors (Lipinski definition) is 4. The van der Waals surface area contributed by atoms with Crippen LogP contribution in [0.2, 0.25) is 0 Å². The van der Waals surface area contributed by atoms with Crippen LogP contribution in [-0.2, 0) is 4.74 Å². The van der Waals surface area contributed by atoms with Crippen molar-refractivity contribution >= 4 is 0 Å². The first-order valence-electron chi connectivity index (χ1n) is 6.80. The summed E-state index contributed by atoms with van der Waals surface area (Å²) in [6.45, 7) is 3.87. The lowest BCUT2D eigenvalue weighted by atomic mass is 10.0. The smallest absolute Gasteiger partial charge is 0.127 e. The maximum Gasteiger partial charge on any atom is 0.127 e. The SMILES string of the molecule is COc1ccc(C(C)NC2CCOCC2)c(OC)c1. The van der Waals surface area contributed by atoms with Crippen molar-refractivity contribution in [3.8, 4) is 11.5 Å². The fraction of sp³-hybridized carbons (Fsp3) is 0.600. The summed E-state index contributed by atoms with van der Waals surface area (Å²) in [7, 11) is 3.36. The van der Waals surface area contributed by atoms with Crippen LogP contribution in [-0.4, -0.2) is 33.5 Å². The Labute approximate surface area is 115 Å². The lowest BCUT2D eigenvalue weighted by Crippen LogP contribution is -2.36. The molecule has 1 atom stereocenters. The van der Waals surface area contributed by atoms with E-state index in [1.54, 1.807) is 14.2 Å². The van der Waals surface area contributed by atoms with Gasteiger partial charge in [0, 0.05) is 36.9 Å². The van der Waals surface area contributed by atoms with Crippen molar-refractivity contribution in [2.45, 2.75) is 31.8 Å². The molecule has 1 unspecified atom stereocenters. The monoisotopic (exact) mass is 265 g/mol. The second-order valence-electron chi connectivity index (χ2n) is 4.88. The summed E-state index contributed by atoms with van der Waals surface area (Å²) in [5, 5.41) is 3.65. The lowest BCUT2D eigenvalue weighted by Gasteiger charge is -2.27. The van der Waals surface area contributed by atoms with Gasteiger partial charge in [-0.1, -0.05) is 6.07 Å². The van der Waals surface area contributed by atoms with Crippen molar-refractivity contribution in [3.05, 3.63) is 23.8 Å². The zero-order chi connectivity index (χ0) is 13.7. The van der Waals surface area contributed by atoms with Gasteiger partial charge >= 0.3 is 0 Å². The van der Waals surface area contributed by atoms with Crippen LogP contribution in [0.4, 0.5) is 0 Å². The predicted octanol–water partition coefficient (Wildman–Crippen LogP) is 2.53. The summed E-state index contributed by atoms with van der Waals surface area (Å²) in [4.78, 5) is 0. The highest BCUT2D eigenvalue weighted by Crippen LogP contribution is 2.30. The van der Waals surface area contributed by atoms with E-state index in [-0.39, 0.29) is 6.04 Å². The van der Waals surface area contributed by atoms with E-state index in [4.69, 9.17) is 14.2 Å². The maximum atomic E-state index is 5.45. The summed E-state index contributed by atoms with van der Waals surface area (Å²) in [5.74, 6) is 1.69. The minimum atomic E-state index is 0.254. The third-order valence-electron chi connectivity index (χ3n) is 3.61. The van der Waals surface area contributed by atoms with Crippen molar-refractivity contribution in [1.29, 1.82) is 0 Å². The molecule has 1 aromatic rings. The molecule has 4 heteroatoms. The van der Waals surface area contributed by atoms with Gasteiger partial charge in [-0.3, -0.25) is 0 Å². The van der Waals surface area contributed by atoms with Gasteiger partial charge in [0.05, 0.1) is 14.2 Å². The Hall–Kier alpha value is -1.26. The number of ether oxygens (including phenoxy) is 3. The standard InChI is InChI=1S/C15H23NO3/c1-11(16-12-6-8-19-9-7-12)14-5-4-13(17-2)10-15(14)18-3/h4-5,10-12,16H,6-9H2,1-3H3. The minimum Gasteiger partial charge on any atom is -0.497 e. The molecule has 0 saturated carbocycles. The van der Waals surface area contributed by atoms with Crippen LogP contribution in [0.1, 0.15) is 31.4 Å². The topological polar surface area (TPSA) is 39.7 Å². The fourth-order valence-corrected chi connectivity index (χ4v) is 2.48. The zero-order valence-electron chi connectivity index (χ0n) is 11.9. The normalized spacial score (nSPS) is 18.1. The van der Waals surface area contributed by atoms with Gasteiger partial charge in [-0.05, 0) is 25.8 Å². The van der Waals surface area contributed by atoms with Crippen LogP contribution in [0.15, 0.2) is 18.2 Å². The Balaban J connectivity index is 2.06. The van der Waals surface area contributed by atoms with E-state index in [1.165, 1.54) is 0 Å². The largest absolute Gasteiger partial charge is 0.497 e. The lowest BCUT2D eigenvalue weighted by molar-refractivity contribution is 0.0753. The van der Waals surface area contributed by atoms with Gasteiger partial charge in [0.25, 0.3) is 0 Å². The summed E-state index contributed by atoms with van der Waals surface area (Å²) in [6.07, 6.45) is 2.14. The van der Waals surface area contributed by atoms with Crippen LogP contribution in [0.3, 0.4) is 0 Å². The summed E-state index contributed by atoms with van der Waals surface area (Å²) in [5.41, 5.74) is 1.16. The van der Waals surface area contributed by atoms with Crippen molar-refractivity contribution in [2.75, 3.05) is 27.4 Å². The molecule has 0 aromatic heterocycles. The number of benzene rings is 1. The van der Waals surface area contributed by atoms with Crippen LogP contribution < -0.4 is 14.8 Å². The van der Waals surface area contributed by atoms with Crippen LogP contribution in [0.5, 0.6) is 11.5 Å². The molecule has 0 bridgehead atoms. The Morgan fingerprint density at radius 3 is 2.58 bits per heavy atom. The Morgan fingerprint density at radius 2 is 1.95 bits per heavy atom. The molecule has 1 fully saturated rings. The Morgan fingerprint density at radius 1 is 1.21 bits per heavy atom. The van der Waals surface area contributed by atoms with Gasteiger partial charge in [0.15, 0.2) is 0 Å². The van der Waals surface area contributed by atoms with E-state index in [1.807, 2.05) is 12.1 Å². The third-order valence-corrected chi connectivity index (χ3v) is 3.61. The molecule has 1 aromatic carbocycles. The molecule has 4 nitrogen and oxygen atoms in total. The zero-order valence-corrected chi connectivity index (χ0v) is 11.9. The molecule has 0 radical (unpaired) electrons. The van der Waals surface area contributed by atoms with E-state index in [0.29, 0.717) is 6.04 Å². The number of methoxy groups -OCH3 is 2. The molecule has 0 aliphatic carbocycles. The molecule has 1 heterocycles. The molecular weight excluding hydrogens is 242 g/mol. The maximum absolute atomic E-state index is 5.45. The number of hydrogen-bond donors (Lipinski definition) is 1. The fourth-order valence-electron chi connectivity index (χ4n) is 2.48. The first-order chi connectivity index (χ1) is 9.24. The summed E-state index contributed by atoms with van der Waals surface area (Å²) in [6, 6.07) is 6.74. The van der Waals surface area contributed by atoms with Crippen molar-refractivity contribution in [1.82, 2.24) is 5.32 Å². The predicted molar refractivity (Wildman–Crippen MR) is 74.9 cm³/mol. The number of rotatable bonds is 5. The van der Waals surface area contributed by atoms with Gasteiger partial charge in [-0.15, -0.1) is 0 Å². The van der Waals surface area contributed by atoms with Gasteiger partial charge in [-0.2, -0.15) is 0 Å². The van der Waals surface area contributed by atoms with Gasteiger partial charge in [-0.25, -0.2) is 0 Å². The van der Waals surface area contributed by atoms with E-state index in [2.05, 4.69) is 18.3 Å². The van der Waals surface area contributed by atoms with Gasteiger partial charge < -0.3 is 19.5 Å². The highest BCUT2D eigenvalue weighted by molar-refractivity contribution is 5.42. The quantitative estimate of drug-likeness (QED) is 0.888. The van der Waals surface area contributed by atoms with E-state index in [9.17, 15) is 0 Å². The first kappa shape index (κ1) is 14.2. The summed E-state index contributed by atoms with van der Waals surface area (Å²) < 4.78 is 16.1. The molecule has 1 aliphatic rings. The molecule has 1 saturated heterocycles. The average molecular weight is 265 g/mol. The van der Waals surface area contributed by atoms with Crippen molar-refractivity contribution in [3.63, 3.8) is 0 Å². The molecule has 106 valence electrons. The molecule has 1 aliphatic heterocycles. The van der Waals surface area contributed by atoms with E-state index in [0.717, 1.165) is 43.1 Å². The highest BCUT2D eigenvalue weighted by Gasteiger charge is 2.19. The second-order valence-corrected chi connectivity index (χ2v) is 4.88. The number of nitrogens with one attached hydrogen (secondary N) is 1. The minimum absolute atomic E-state index is 0.254. The second kappa shape index (κ2) is 6.78. The first-order valence-corrected chi connectivity index (χ1v) is 6.80. The molecule has 2 rings (SSSR count). The van der Waals surface area contributed by atoms with E-state index < -0.39 is 0 Å². The Bertz CT molecular complexity index is 402. The van der Waals surface area contributed by atoms with Crippen LogP contribution in [0.25, 0.3) is 0 Å². The molecule has 19 heavy (non-hydrogen) atoms. The highest BCUT2D eigenvalue weighted by atomic mass is 16.5. The molecular formula is C15H23NO3. The van der Waals surface area contributed by atoms with Gasteiger partial charge in [0.1, 0.15) is 11.5 Å². The molecule has 0 spiro atoms. The van der Waals surface area contributed by atoms with Crippen molar-refractivity contribution in [2.24, 2.45) is 0 Å². The molecule has 1 N–H and O–H groups in total. The third kappa shape index (κ3) is 3.61. The van der Waals surface area contributed by atoms with E-state index >= 15 is 0 Å². The Kier molecular flexibility index (Phi) is 5.05. The van der Waals surface area contributed by atoms with Crippen LogP contribution >= 0.6 is 0 Å². The summed E-state index contributed by atoms with van der Waals surface area (Å²) >= 11 is 0.